The Kier molecular flexibility index (Phi) is 4.41. The molecular formula is C15H17N3O4. The van der Waals surface area contributed by atoms with E-state index >= 15 is 0 Å². The molecule has 1 aliphatic rings. The van der Waals surface area contributed by atoms with Crippen LogP contribution >= 0.6 is 0 Å². The van der Waals surface area contributed by atoms with E-state index < -0.39 is 28.7 Å². The average molecular weight is 303 g/mol. The molecule has 1 aliphatic heterocycles. The lowest BCUT2D eigenvalue weighted by atomic mass is 10.0. The molecule has 1 saturated heterocycles. The highest BCUT2D eigenvalue weighted by Gasteiger charge is 2.24. The number of nitriles is 1. The van der Waals surface area contributed by atoms with Crippen molar-refractivity contribution in [3.8, 4) is 17.6 Å². The number of anilines is 1. The number of nitrogen functional groups attached to an aromatic ring is 1. The molecule has 1 heterocycles. The molecule has 0 aromatic heterocycles. The van der Waals surface area contributed by atoms with Gasteiger partial charge in [0.15, 0.2) is 17.1 Å². The van der Waals surface area contributed by atoms with E-state index in [9.17, 15) is 25.4 Å². The number of rotatable bonds is 2. The van der Waals surface area contributed by atoms with Crippen LogP contribution in [-0.2, 0) is 4.79 Å². The molecule has 22 heavy (non-hydrogen) atoms. The summed E-state index contributed by atoms with van der Waals surface area (Å²) in [5.41, 5.74) is 4.92. The summed E-state index contributed by atoms with van der Waals surface area (Å²) in [5, 5.41) is 38.3. The number of benzene rings is 1. The van der Waals surface area contributed by atoms with Crippen molar-refractivity contribution >= 4 is 17.4 Å². The summed E-state index contributed by atoms with van der Waals surface area (Å²) < 4.78 is 0. The Labute approximate surface area is 127 Å². The summed E-state index contributed by atoms with van der Waals surface area (Å²) in [6.07, 6.45) is 2.75. The number of phenolic OH excluding ortho intramolecular Hbond substituents is 2. The second-order valence-corrected chi connectivity index (χ2v) is 5.12. The number of carbonyl (C=O) groups excluding carboxylic acids is 1. The summed E-state index contributed by atoms with van der Waals surface area (Å²) in [6, 6.07) is 3.93. The number of nitrogens with two attached hydrogens (primary N) is 1. The molecule has 1 amide bonds. The zero-order chi connectivity index (χ0) is 16.3. The molecule has 7 nitrogen and oxygen atoms in total. The van der Waals surface area contributed by atoms with E-state index in [-0.39, 0.29) is 11.3 Å². The largest absolute Gasteiger partial charge is 0.506 e. The van der Waals surface area contributed by atoms with E-state index in [1.807, 2.05) is 0 Å². The second-order valence-electron chi connectivity index (χ2n) is 5.12. The van der Waals surface area contributed by atoms with Crippen molar-refractivity contribution in [2.45, 2.75) is 19.3 Å². The van der Waals surface area contributed by atoms with Crippen LogP contribution in [-0.4, -0.2) is 39.2 Å². The highest BCUT2D eigenvalue weighted by atomic mass is 16.3. The molecule has 2 rings (SSSR count). The molecule has 0 saturated carbocycles. The van der Waals surface area contributed by atoms with E-state index in [1.165, 1.54) is 11.0 Å². The number of piperidine rings is 1. The van der Waals surface area contributed by atoms with E-state index in [2.05, 4.69) is 0 Å². The molecule has 5 N–H and O–H groups in total. The first kappa shape index (κ1) is 15.5. The summed E-state index contributed by atoms with van der Waals surface area (Å²) in [6.45, 7) is 1.08. The standard InChI is InChI=1S/C15H17N3O4/c16-8-10(15(22)18-4-2-1-3-5-18)13(20)9-6-11(17)14(21)12(19)7-9/h6-7,19-21H,1-5,17H2/b13-10-. The van der Waals surface area contributed by atoms with Crippen molar-refractivity contribution in [3.05, 3.63) is 23.3 Å². The first-order valence-electron chi connectivity index (χ1n) is 6.90. The van der Waals surface area contributed by atoms with Gasteiger partial charge in [-0.2, -0.15) is 5.26 Å². The van der Waals surface area contributed by atoms with Crippen LogP contribution in [0.4, 0.5) is 5.69 Å². The maximum absolute atomic E-state index is 12.3. The zero-order valence-corrected chi connectivity index (χ0v) is 11.9. The third kappa shape index (κ3) is 2.91. The zero-order valence-electron chi connectivity index (χ0n) is 11.9. The number of likely N-dealkylation sites (tertiary alicyclic amines) is 1. The first-order valence-corrected chi connectivity index (χ1v) is 6.90. The van der Waals surface area contributed by atoms with Gasteiger partial charge in [-0.05, 0) is 31.4 Å². The number of carbonyl (C=O) groups is 1. The van der Waals surface area contributed by atoms with Crippen LogP contribution in [0.5, 0.6) is 11.5 Å². The SMILES string of the molecule is N#C/C(C(=O)N1CCCCC1)=C(/O)c1cc(N)c(O)c(O)c1. The van der Waals surface area contributed by atoms with Gasteiger partial charge in [-0.25, -0.2) is 0 Å². The third-order valence-corrected chi connectivity index (χ3v) is 3.60. The Morgan fingerprint density at radius 1 is 1.23 bits per heavy atom. The van der Waals surface area contributed by atoms with Crippen molar-refractivity contribution < 1.29 is 20.1 Å². The number of phenols is 2. The molecule has 0 spiro atoms. The Morgan fingerprint density at radius 3 is 2.41 bits per heavy atom. The molecule has 1 aromatic carbocycles. The molecule has 0 bridgehead atoms. The molecule has 116 valence electrons. The summed E-state index contributed by atoms with van der Waals surface area (Å²) in [4.78, 5) is 13.8. The minimum atomic E-state index is -0.569. The van der Waals surface area contributed by atoms with Crippen LogP contribution in [0, 0.1) is 11.3 Å². The lowest BCUT2D eigenvalue weighted by Crippen LogP contribution is -2.36. The van der Waals surface area contributed by atoms with Gasteiger partial charge in [0.1, 0.15) is 11.8 Å². The smallest absolute Gasteiger partial charge is 0.268 e. The quantitative estimate of drug-likeness (QED) is 0.215. The monoisotopic (exact) mass is 303 g/mol. The second kappa shape index (κ2) is 6.26. The molecular weight excluding hydrogens is 286 g/mol. The van der Waals surface area contributed by atoms with Crippen LogP contribution in [0.3, 0.4) is 0 Å². The van der Waals surface area contributed by atoms with E-state index in [4.69, 9.17) is 5.73 Å². The first-order chi connectivity index (χ1) is 10.5. The molecule has 1 aromatic rings. The average Bonchev–Trinajstić information content (AvgIpc) is 2.53. The van der Waals surface area contributed by atoms with Crippen LogP contribution in [0.2, 0.25) is 0 Å². The third-order valence-electron chi connectivity index (χ3n) is 3.60. The molecule has 0 aliphatic carbocycles. The van der Waals surface area contributed by atoms with Gasteiger partial charge in [-0.3, -0.25) is 4.79 Å². The maximum Gasteiger partial charge on any atom is 0.268 e. The van der Waals surface area contributed by atoms with Gasteiger partial charge < -0.3 is 26.0 Å². The van der Waals surface area contributed by atoms with Crippen molar-refractivity contribution in [2.75, 3.05) is 18.8 Å². The predicted octanol–water partition coefficient (Wildman–Crippen LogP) is 1.49. The highest BCUT2D eigenvalue weighted by Crippen LogP contribution is 2.35. The van der Waals surface area contributed by atoms with Gasteiger partial charge >= 0.3 is 0 Å². The Morgan fingerprint density at radius 2 is 1.86 bits per heavy atom. The lowest BCUT2D eigenvalue weighted by Gasteiger charge is -2.26. The highest BCUT2D eigenvalue weighted by molar-refractivity contribution is 6.03. The van der Waals surface area contributed by atoms with Crippen LogP contribution < -0.4 is 5.73 Å². The number of hydrogen-bond acceptors (Lipinski definition) is 6. The summed E-state index contributed by atoms with van der Waals surface area (Å²) in [7, 11) is 0. The van der Waals surface area contributed by atoms with Crippen molar-refractivity contribution in [1.29, 1.82) is 5.26 Å². The van der Waals surface area contributed by atoms with Gasteiger partial charge in [-0.15, -0.1) is 0 Å². The lowest BCUT2D eigenvalue weighted by molar-refractivity contribution is -0.127. The van der Waals surface area contributed by atoms with Gasteiger partial charge in [0.2, 0.25) is 0 Å². The van der Waals surface area contributed by atoms with Gasteiger partial charge in [0.05, 0.1) is 5.69 Å². The van der Waals surface area contributed by atoms with E-state index in [0.717, 1.165) is 25.3 Å². The predicted molar refractivity (Wildman–Crippen MR) is 79.8 cm³/mol. The van der Waals surface area contributed by atoms with Crippen molar-refractivity contribution in [2.24, 2.45) is 0 Å². The number of hydrogen-bond donors (Lipinski definition) is 4. The van der Waals surface area contributed by atoms with Gasteiger partial charge in [-0.1, -0.05) is 0 Å². The van der Waals surface area contributed by atoms with Crippen molar-refractivity contribution in [3.63, 3.8) is 0 Å². The minimum Gasteiger partial charge on any atom is -0.506 e. The minimum absolute atomic E-state index is 0.00490. The number of amides is 1. The number of aliphatic hydroxyl groups is 1. The maximum atomic E-state index is 12.3. The number of nitrogens with zero attached hydrogens (tertiary/aromatic N) is 2. The Hall–Kier alpha value is -2.88. The van der Waals surface area contributed by atoms with Crippen LogP contribution in [0.25, 0.3) is 5.76 Å². The van der Waals surface area contributed by atoms with E-state index in [0.29, 0.717) is 13.1 Å². The van der Waals surface area contributed by atoms with Crippen molar-refractivity contribution in [1.82, 2.24) is 4.90 Å². The molecule has 1 fully saturated rings. The molecule has 0 radical (unpaired) electrons. The molecule has 7 heteroatoms. The van der Waals surface area contributed by atoms with Gasteiger partial charge in [0, 0.05) is 18.7 Å². The summed E-state index contributed by atoms with van der Waals surface area (Å²) in [5.74, 6) is -2.17. The fourth-order valence-electron chi connectivity index (χ4n) is 2.38. The van der Waals surface area contributed by atoms with Gasteiger partial charge in [0.25, 0.3) is 5.91 Å². The normalized spacial score (nSPS) is 15.9. The van der Waals surface area contributed by atoms with Crippen LogP contribution in [0.1, 0.15) is 24.8 Å². The fourth-order valence-corrected chi connectivity index (χ4v) is 2.38. The molecule has 0 atom stereocenters. The number of aliphatic hydroxyl groups excluding tert-OH is 1. The Bertz CT molecular complexity index is 647. The van der Waals surface area contributed by atoms with E-state index in [1.54, 1.807) is 6.07 Å². The molecule has 0 unspecified atom stereocenters. The Balaban J connectivity index is 2.40. The fraction of sp³-hybridized carbons (Fsp3) is 0.333. The number of aromatic hydroxyl groups is 2. The summed E-state index contributed by atoms with van der Waals surface area (Å²) >= 11 is 0. The van der Waals surface area contributed by atoms with Crippen LogP contribution in [0.15, 0.2) is 17.7 Å². The topological polar surface area (TPSA) is 131 Å².